The highest BCUT2D eigenvalue weighted by atomic mass is 16.8. The van der Waals surface area contributed by atoms with E-state index in [1.165, 1.54) is 7.11 Å². The van der Waals surface area contributed by atoms with Crippen LogP contribution in [0.4, 0.5) is 0 Å². The van der Waals surface area contributed by atoms with E-state index in [4.69, 9.17) is 9.57 Å². The molecule has 0 fully saturated rings. The molecule has 1 unspecified atom stereocenters. The molecule has 130 valence electrons. The summed E-state index contributed by atoms with van der Waals surface area (Å²) in [7, 11) is 2.91. The van der Waals surface area contributed by atoms with Gasteiger partial charge in [-0.1, -0.05) is 12.2 Å². The van der Waals surface area contributed by atoms with Gasteiger partial charge >= 0.3 is 5.70 Å². The van der Waals surface area contributed by atoms with Crippen LogP contribution in [-0.4, -0.2) is 23.7 Å². The van der Waals surface area contributed by atoms with Crippen molar-refractivity contribution in [3.05, 3.63) is 64.0 Å². The predicted octanol–water partition coefficient (Wildman–Crippen LogP) is 2.00. The molecule has 1 heterocycles. The van der Waals surface area contributed by atoms with E-state index in [1.54, 1.807) is 31.7 Å². The molecule has 0 saturated carbocycles. The minimum absolute atomic E-state index is 0.389. The van der Waals surface area contributed by atoms with E-state index in [0.29, 0.717) is 29.0 Å². The Morgan fingerprint density at radius 3 is 2.84 bits per heavy atom. The molecule has 1 aromatic heterocycles. The van der Waals surface area contributed by atoms with E-state index in [0.717, 1.165) is 10.6 Å². The molecule has 0 aliphatic heterocycles. The van der Waals surface area contributed by atoms with Crippen LogP contribution in [0.1, 0.15) is 25.3 Å². The topological polar surface area (TPSA) is 67.3 Å². The lowest BCUT2D eigenvalue weighted by Gasteiger charge is -2.27. The zero-order valence-electron chi connectivity index (χ0n) is 14.7. The molecule has 0 amide bonds. The number of hydrogen-bond donors (Lipinski definition) is 0. The monoisotopic (exact) mass is 340 g/mol. The Balaban J connectivity index is 2.72. The molecule has 1 aliphatic rings. The van der Waals surface area contributed by atoms with Gasteiger partial charge in [-0.3, -0.25) is 0 Å². The molecule has 25 heavy (non-hydrogen) atoms. The lowest BCUT2D eigenvalue weighted by Crippen LogP contribution is -2.40. The lowest BCUT2D eigenvalue weighted by atomic mass is 9.97. The molecule has 0 radical (unpaired) electrons. The third-order valence-electron chi connectivity index (χ3n) is 4.27. The van der Waals surface area contributed by atoms with E-state index in [-0.39, 0.29) is 0 Å². The molecule has 0 saturated heterocycles. The number of aromatic nitrogens is 1. The quantitative estimate of drug-likeness (QED) is 0.432. The maximum atomic E-state index is 11.9. The van der Waals surface area contributed by atoms with Gasteiger partial charge in [-0.25, -0.2) is 4.84 Å². The summed E-state index contributed by atoms with van der Waals surface area (Å²) in [6.45, 7) is 5.96. The third-order valence-corrected chi connectivity index (χ3v) is 4.27. The van der Waals surface area contributed by atoms with Crippen molar-refractivity contribution < 1.29 is 14.5 Å². The van der Waals surface area contributed by atoms with Crippen LogP contribution in [0.2, 0.25) is 0 Å². The first-order valence-electron chi connectivity index (χ1n) is 7.87. The Hall–Kier alpha value is -3.07. The number of fused-ring (bicyclic) bond motifs is 1. The number of nitriles is 1. The van der Waals surface area contributed by atoms with Crippen molar-refractivity contribution in [2.75, 3.05) is 14.2 Å². The molecule has 1 aromatic rings. The molecular formula is C19H22N3O3+. The fraction of sp³-hybridized carbons (Fsp3) is 0.316. The maximum absolute atomic E-state index is 11.9. The van der Waals surface area contributed by atoms with Crippen LogP contribution in [0, 0.1) is 16.2 Å². The van der Waals surface area contributed by atoms with Gasteiger partial charge in [0.2, 0.25) is 0 Å². The number of nitrogens with zero attached hydrogens (tertiary/aromatic N) is 3. The largest absolute Gasteiger partial charge is 0.505 e. The van der Waals surface area contributed by atoms with Crippen molar-refractivity contribution in [2.45, 2.75) is 25.3 Å². The predicted molar refractivity (Wildman–Crippen MR) is 95.3 cm³/mol. The number of methoxy groups -OCH3 is 1. The van der Waals surface area contributed by atoms with E-state index in [1.807, 2.05) is 29.7 Å². The fourth-order valence-electron chi connectivity index (χ4n) is 2.80. The van der Waals surface area contributed by atoms with E-state index < -0.39 is 5.54 Å². The first-order chi connectivity index (χ1) is 12.0. The minimum atomic E-state index is -0.491. The normalized spacial score (nSPS) is 15.5. The van der Waals surface area contributed by atoms with Gasteiger partial charge in [0, 0.05) is 23.6 Å². The van der Waals surface area contributed by atoms with Crippen LogP contribution < -0.4 is 10.6 Å². The summed E-state index contributed by atoms with van der Waals surface area (Å²) in [5, 5.41) is 11.1. The smallest absolute Gasteiger partial charge is 0.315 e. The highest BCUT2D eigenvalue weighted by Crippen LogP contribution is 2.21. The van der Waals surface area contributed by atoms with E-state index in [2.05, 4.69) is 12.6 Å². The second-order valence-electron chi connectivity index (χ2n) is 5.85. The SMILES string of the molecule is C=CC(C)(C/C=C/OC)n1cc(C#N)c2c1=CC([N+](=O)OC)=CCC=2. The van der Waals surface area contributed by atoms with Gasteiger partial charge in [0.25, 0.3) is 4.92 Å². The van der Waals surface area contributed by atoms with Crippen molar-refractivity contribution in [1.29, 1.82) is 5.26 Å². The first-order valence-corrected chi connectivity index (χ1v) is 7.87. The van der Waals surface area contributed by atoms with Crippen molar-refractivity contribution in [3.8, 4) is 6.07 Å². The Bertz CT molecular complexity index is 900. The molecule has 1 aliphatic carbocycles. The molecule has 0 N–H and O–H groups in total. The van der Waals surface area contributed by atoms with Gasteiger partial charge in [-0.05, 0) is 25.8 Å². The summed E-state index contributed by atoms with van der Waals surface area (Å²) in [4.78, 5) is 17.1. The summed E-state index contributed by atoms with van der Waals surface area (Å²) >= 11 is 0. The summed E-state index contributed by atoms with van der Waals surface area (Å²) in [6.07, 6.45) is 13.7. The van der Waals surface area contributed by atoms with Crippen molar-refractivity contribution in [1.82, 2.24) is 4.57 Å². The Labute approximate surface area is 146 Å². The summed E-state index contributed by atoms with van der Waals surface area (Å²) < 4.78 is 6.94. The van der Waals surface area contributed by atoms with Crippen LogP contribution >= 0.6 is 0 Å². The number of allylic oxidation sites excluding steroid dienone is 4. The van der Waals surface area contributed by atoms with Crippen molar-refractivity contribution >= 4 is 12.2 Å². The molecule has 6 heteroatoms. The molecule has 2 rings (SSSR count). The van der Waals surface area contributed by atoms with Gasteiger partial charge < -0.3 is 9.30 Å². The van der Waals surface area contributed by atoms with Crippen molar-refractivity contribution in [2.24, 2.45) is 0 Å². The first kappa shape index (κ1) is 18.3. The van der Waals surface area contributed by atoms with Gasteiger partial charge in [0.05, 0.1) is 34.7 Å². The summed E-state index contributed by atoms with van der Waals surface area (Å²) in [5.41, 5.74) is 0.453. The average Bonchev–Trinajstić information content (AvgIpc) is 2.83. The van der Waals surface area contributed by atoms with Gasteiger partial charge in [-0.2, -0.15) is 5.26 Å². The van der Waals surface area contributed by atoms with Gasteiger partial charge in [0.1, 0.15) is 6.07 Å². The molecule has 0 spiro atoms. The second kappa shape index (κ2) is 7.67. The van der Waals surface area contributed by atoms with Gasteiger partial charge in [0.15, 0.2) is 7.11 Å². The number of ether oxygens (including phenoxy) is 1. The van der Waals surface area contributed by atoms with Crippen molar-refractivity contribution in [3.63, 3.8) is 0 Å². The Morgan fingerprint density at radius 2 is 2.24 bits per heavy atom. The summed E-state index contributed by atoms with van der Waals surface area (Å²) in [5.74, 6) is 0. The highest BCUT2D eigenvalue weighted by Gasteiger charge is 2.26. The van der Waals surface area contributed by atoms with Crippen LogP contribution in [0.3, 0.4) is 0 Å². The zero-order valence-corrected chi connectivity index (χ0v) is 14.7. The standard InChI is InChI=1S/C19H22N3O3/c1-5-19(2,10-7-11-24-3)21-14-15(13-20)17-9-6-8-16(12-18(17)21)22(23)25-4/h5,7-9,11-12,14H,1,6,10H2,2-4H3/q+1/b11-7+. The lowest BCUT2D eigenvalue weighted by molar-refractivity contribution is -0.756. The molecule has 6 nitrogen and oxygen atoms in total. The highest BCUT2D eigenvalue weighted by molar-refractivity contribution is 5.50. The molecule has 0 aromatic carbocycles. The van der Waals surface area contributed by atoms with Crippen LogP contribution in [0.25, 0.3) is 12.2 Å². The molecule has 0 bridgehead atoms. The zero-order chi connectivity index (χ0) is 18.4. The average molecular weight is 340 g/mol. The van der Waals surface area contributed by atoms with E-state index >= 15 is 0 Å². The van der Waals surface area contributed by atoms with Crippen LogP contribution in [-0.2, 0) is 15.1 Å². The Morgan fingerprint density at radius 1 is 1.48 bits per heavy atom. The molecular weight excluding hydrogens is 318 g/mol. The van der Waals surface area contributed by atoms with Crippen LogP contribution in [0.15, 0.2) is 43.0 Å². The van der Waals surface area contributed by atoms with Crippen LogP contribution in [0.5, 0.6) is 0 Å². The third kappa shape index (κ3) is 3.56. The van der Waals surface area contributed by atoms with Gasteiger partial charge in [-0.15, -0.1) is 6.58 Å². The maximum Gasteiger partial charge on any atom is 0.315 e. The second-order valence-corrected chi connectivity index (χ2v) is 5.85. The van der Waals surface area contributed by atoms with E-state index in [9.17, 15) is 10.2 Å². The summed E-state index contributed by atoms with van der Waals surface area (Å²) in [6, 6.07) is 2.23. The Kier molecular flexibility index (Phi) is 5.60. The fourth-order valence-corrected chi connectivity index (χ4v) is 2.80. The minimum Gasteiger partial charge on any atom is -0.505 e. The number of hydrogen-bond acceptors (Lipinski definition) is 4. The molecule has 1 atom stereocenters. The number of rotatable bonds is 7.